The molecule has 0 unspecified atom stereocenters. The zero-order valence-corrected chi connectivity index (χ0v) is 13.7. The molecule has 0 fully saturated rings. The number of aliphatic hydroxyl groups is 2. The number of unbranched alkanes of at least 4 members (excludes halogenated alkanes) is 8. The summed E-state index contributed by atoms with van der Waals surface area (Å²) in [4.78, 5) is 0. The second-order valence-electron chi connectivity index (χ2n) is 5.72. The summed E-state index contributed by atoms with van der Waals surface area (Å²) in [5, 5.41) is 18.3. The third-order valence-electron chi connectivity index (χ3n) is 3.62. The molecule has 0 amide bonds. The van der Waals surface area contributed by atoms with Crippen LogP contribution in [0.4, 0.5) is 0 Å². The second-order valence-corrected chi connectivity index (χ2v) is 5.72. The fourth-order valence-corrected chi connectivity index (χ4v) is 2.11. The van der Waals surface area contributed by atoms with Crippen molar-refractivity contribution in [3.05, 3.63) is 24.3 Å². The lowest BCUT2D eigenvalue weighted by molar-refractivity contribution is 0.144. The van der Waals surface area contributed by atoms with Gasteiger partial charge in [0, 0.05) is 0 Å². The van der Waals surface area contributed by atoms with E-state index in [2.05, 4.69) is 19.1 Å². The van der Waals surface area contributed by atoms with Crippen molar-refractivity contribution in [3.63, 3.8) is 0 Å². The van der Waals surface area contributed by atoms with Gasteiger partial charge in [0.15, 0.2) is 0 Å². The van der Waals surface area contributed by atoms with Crippen LogP contribution >= 0.6 is 0 Å². The summed E-state index contributed by atoms with van der Waals surface area (Å²) in [7, 11) is 0. The molecule has 0 aromatic carbocycles. The Morgan fingerprint density at radius 2 is 1.38 bits per heavy atom. The van der Waals surface area contributed by atoms with E-state index in [0.717, 1.165) is 12.8 Å². The Bertz CT molecular complexity index is 264. The number of hydrogen-bond donors (Lipinski definition) is 3. The first-order valence-electron chi connectivity index (χ1n) is 8.58. The van der Waals surface area contributed by atoms with E-state index in [9.17, 15) is 5.11 Å². The van der Waals surface area contributed by atoms with Crippen LogP contribution in [0.5, 0.6) is 0 Å². The Labute approximate surface area is 130 Å². The molecule has 0 aromatic rings. The standard InChI is InChI=1S/C18H35NO2/c1-2-3-4-5-6-7-8-9-10-11-12-13-14-15-18(21)17(19)16-20/h7-8,14-15,17-18,20-21H,2-6,9-13,16,19H2,1H3/b8-7+,15-14+/t17-,18+/m0/s1. The van der Waals surface area contributed by atoms with Crippen molar-refractivity contribution in [1.82, 2.24) is 0 Å². The van der Waals surface area contributed by atoms with Gasteiger partial charge in [0.05, 0.1) is 18.8 Å². The van der Waals surface area contributed by atoms with Crippen LogP contribution in [0.25, 0.3) is 0 Å². The first-order valence-corrected chi connectivity index (χ1v) is 8.58. The van der Waals surface area contributed by atoms with Crippen molar-refractivity contribution in [2.75, 3.05) is 6.61 Å². The van der Waals surface area contributed by atoms with Crippen molar-refractivity contribution in [3.8, 4) is 0 Å². The van der Waals surface area contributed by atoms with Gasteiger partial charge in [-0.05, 0) is 38.5 Å². The van der Waals surface area contributed by atoms with E-state index in [-0.39, 0.29) is 6.61 Å². The van der Waals surface area contributed by atoms with Gasteiger partial charge < -0.3 is 15.9 Å². The SMILES string of the molecule is CCCCCC/C=C/CCCCC/C=C/[C@@H](O)[C@@H](N)CO. The van der Waals surface area contributed by atoms with Gasteiger partial charge in [0.1, 0.15) is 0 Å². The zero-order valence-electron chi connectivity index (χ0n) is 13.7. The molecule has 0 radical (unpaired) electrons. The van der Waals surface area contributed by atoms with Crippen LogP contribution in [-0.4, -0.2) is 29.0 Å². The predicted molar refractivity (Wildman–Crippen MR) is 91.2 cm³/mol. The quantitative estimate of drug-likeness (QED) is 0.338. The Morgan fingerprint density at radius 3 is 1.90 bits per heavy atom. The topological polar surface area (TPSA) is 66.5 Å². The van der Waals surface area contributed by atoms with Crippen LogP contribution in [0, 0.1) is 0 Å². The zero-order chi connectivity index (χ0) is 15.8. The van der Waals surface area contributed by atoms with Gasteiger partial charge in [0.2, 0.25) is 0 Å². The maximum absolute atomic E-state index is 9.51. The summed E-state index contributed by atoms with van der Waals surface area (Å²) in [6.07, 6.45) is 19.9. The van der Waals surface area contributed by atoms with Gasteiger partial charge in [0.25, 0.3) is 0 Å². The number of nitrogens with two attached hydrogens (primary N) is 1. The van der Waals surface area contributed by atoms with Gasteiger partial charge in [-0.15, -0.1) is 0 Å². The van der Waals surface area contributed by atoms with Crippen LogP contribution < -0.4 is 5.73 Å². The first kappa shape index (κ1) is 20.4. The summed E-state index contributed by atoms with van der Waals surface area (Å²) in [5.74, 6) is 0. The molecule has 0 aliphatic heterocycles. The molecule has 0 aliphatic rings. The van der Waals surface area contributed by atoms with Gasteiger partial charge >= 0.3 is 0 Å². The van der Waals surface area contributed by atoms with E-state index in [1.54, 1.807) is 6.08 Å². The summed E-state index contributed by atoms with van der Waals surface area (Å²) >= 11 is 0. The van der Waals surface area contributed by atoms with E-state index < -0.39 is 12.1 Å². The summed E-state index contributed by atoms with van der Waals surface area (Å²) in [6, 6.07) is -0.566. The van der Waals surface area contributed by atoms with Crippen LogP contribution in [0.2, 0.25) is 0 Å². The van der Waals surface area contributed by atoms with E-state index in [1.807, 2.05) is 6.08 Å². The molecule has 0 heterocycles. The van der Waals surface area contributed by atoms with Crippen LogP contribution in [0.15, 0.2) is 24.3 Å². The van der Waals surface area contributed by atoms with Gasteiger partial charge in [-0.3, -0.25) is 0 Å². The molecule has 21 heavy (non-hydrogen) atoms. The smallest absolute Gasteiger partial charge is 0.0894 e. The van der Waals surface area contributed by atoms with Crippen molar-refractivity contribution < 1.29 is 10.2 Å². The Balaban J connectivity index is 3.32. The normalized spacial score (nSPS) is 15.0. The second kappa shape index (κ2) is 15.7. The maximum Gasteiger partial charge on any atom is 0.0894 e. The molecule has 3 heteroatoms. The minimum absolute atomic E-state index is 0.184. The predicted octanol–water partition coefficient (Wildman–Crippen LogP) is 3.70. The van der Waals surface area contributed by atoms with Gasteiger partial charge in [-0.2, -0.15) is 0 Å². The van der Waals surface area contributed by atoms with Crippen LogP contribution in [-0.2, 0) is 0 Å². The molecule has 2 atom stereocenters. The molecule has 4 N–H and O–H groups in total. The molecular weight excluding hydrogens is 262 g/mol. The summed E-state index contributed by atoms with van der Waals surface area (Å²) in [5.41, 5.74) is 5.50. The molecular formula is C18H35NO2. The molecule has 0 aliphatic carbocycles. The van der Waals surface area contributed by atoms with E-state index >= 15 is 0 Å². The molecule has 0 spiro atoms. The Morgan fingerprint density at radius 1 is 0.857 bits per heavy atom. The van der Waals surface area contributed by atoms with Crippen molar-refractivity contribution >= 4 is 0 Å². The van der Waals surface area contributed by atoms with Crippen molar-refractivity contribution in [2.45, 2.75) is 83.3 Å². The molecule has 0 rings (SSSR count). The number of hydrogen-bond acceptors (Lipinski definition) is 3. The number of aliphatic hydroxyl groups excluding tert-OH is 2. The summed E-state index contributed by atoms with van der Waals surface area (Å²) in [6.45, 7) is 2.06. The van der Waals surface area contributed by atoms with E-state index in [4.69, 9.17) is 10.8 Å². The lowest BCUT2D eigenvalue weighted by Gasteiger charge is -2.11. The highest BCUT2D eigenvalue weighted by atomic mass is 16.3. The average Bonchev–Trinajstić information content (AvgIpc) is 2.50. The first-order chi connectivity index (χ1) is 10.2. The van der Waals surface area contributed by atoms with E-state index in [0.29, 0.717) is 0 Å². The lowest BCUT2D eigenvalue weighted by atomic mass is 10.1. The molecule has 0 bridgehead atoms. The Hall–Kier alpha value is -0.640. The fraction of sp³-hybridized carbons (Fsp3) is 0.778. The molecule has 0 saturated carbocycles. The third-order valence-corrected chi connectivity index (χ3v) is 3.62. The van der Waals surface area contributed by atoms with Gasteiger partial charge in [-0.1, -0.05) is 56.9 Å². The largest absolute Gasteiger partial charge is 0.395 e. The number of rotatable bonds is 14. The maximum atomic E-state index is 9.51. The molecule has 124 valence electrons. The minimum atomic E-state index is -0.731. The third kappa shape index (κ3) is 14.1. The van der Waals surface area contributed by atoms with Crippen molar-refractivity contribution in [2.24, 2.45) is 5.73 Å². The number of allylic oxidation sites excluding steroid dienone is 3. The lowest BCUT2D eigenvalue weighted by Crippen LogP contribution is -2.36. The van der Waals surface area contributed by atoms with Crippen LogP contribution in [0.3, 0.4) is 0 Å². The summed E-state index contributed by atoms with van der Waals surface area (Å²) < 4.78 is 0. The minimum Gasteiger partial charge on any atom is -0.395 e. The van der Waals surface area contributed by atoms with Crippen molar-refractivity contribution in [1.29, 1.82) is 0 Å². The average molecular weight is 297 g/mol. The highest BCUT2D eigenvalue weighted by Gasteiger charge is 2.08. The highest BCUT2D eigenvalue weighted by molar-refractivity contribution is 4.93. The molecule has 3 nitrogen and oxygen atoms in total. The highest BCUT2D eigenvalue weighted by Crippen LogP contribution is 2.07. The monoisotopic (exact) mass is 297 g/mol. The van der Waals surface area contributed by atoms with E-state index in [1.165, 1.54) is 51.4 Å². The fourth-order valence-electron chi connectivity index (χ4n) is 2.11. The Kier molecular flexibility index (Phi) is 15.3. The van der Waals surface area contributed by atoms with Crippen LogP contribution in [0.1, 0.15) is 71.1 Å². The molecule has 0 saturated heterocycles. The van der Waals surface area contributed by atoms with Gasteiger partial charge in [-0.25, -0.2) is 0 Å². The molecule has 0 aromatic heterocycles.